The van der Waals surface area contributed by atoms with E-state index in [-0.39, 0.29) is 17.3 Å². The van der Waals surface area contributed by atoms with Crippen molar-refractivity contribution in [3.63, 3.8) is 0 Å². The van der Waals surface area contributed by atoms with Crippen molar-refractivity contribution in [2.24, 2.45) is 5.73 Å². The van der Waals surface area contributed by atoms with Gasteiger partial charge in [-0.1, -0.05) is 6.92 Å². The fraction of sp³-hybridized carbons (Fsp3) is 0.300. The van der Waals surface area contributed by atoms with Gasteiger partial charge in [-0.2, -0.15) is 0 Å². The van der Waals surface area contributed by atoms with E-state index in [0.717, 1.165) is 18.2 Å². The molecular weight excluding hydrogens is 229 g/mol. The molecule has 0 aliphatic rings. The highest BCUT2D eigenvalue weighted by Crippen LogP contribution is 2.23. The maximum absolute atomic E-state index is 13.4. The molecule has 0 saturated carbocycles. The van der Waals surface area contributed by atoms with Crippen LogP contribution in [-0.4, -0.2) is 16.9 Å². The van der Waals surface area contributed by atoms with Gasteiger partial charge >= 0.3 is 0 Å². The number of nitro groups is 1. The lowest BCUT2D eigenvalue weighted by Gasteiger charge is -2.16. The molecule has 1 rings (SSSR count). The second-order valence-corrected chi connectivity index (χ2v) is 3.34. The third kappa shape index (κ3) is 3.13. The highest BCUT2D eigenvalue weighted by molar-refractivity contribution is 5.82. The Balaban J connectivity index is 2.93. The molecule has 1 aromatic rings. The van der Waals surface area contributed by atoms with Crippen LogP contribution in [0.25, 0.3) is 0 Å². The number of benzene rings is 1. The van der Waals surface area contributed by atoms with Crippen LogP contribution in [0.5, 0.6) is 5.75 Å². The fourth-order valence-corrected chi connectivity index (χ4v) is 1.22. The van der Waals surface area contributed by atoms with Crippen LogP contribution < -0.4 is 10.5 Å². The van der Waals surface area contributed by atoms with E-state index in [0.29, 0.717) is 6.42 Å². The average molecular weight is 241 g/mol. The number of hydrogen-bond donors (Lipinski definition) is 2. The molecule has 1 aromatic carbocycles. The highest BCUT2D eigenvalue weighted by atomic mass is 19.1. The normalized spacial score (nSPS) is 11.9. The first-order valence-electron chi connectivity index (χ1n) is 4.90. The zero-order valence-electron chi connectivity index (χ0n) is 9.14. The number of amidine groups is 1. The van der Waals surface area contributed by atoms with Crippen molar-refractivity contribution in [3.8, 4) is 5.75 Å². The summed E-state index contributed by atoms with van der Waals surface area (Å²) in [6.45, 7) is 1.73. The Bertz CT molecular complexity index is 450. The van der Waals surface area contributed by atoms with Gasteiger partial charge in [0, 0.05) is 6.07 Å². The van der Waals surface area contributed by atoms with Gasteiger partial charge in [-0.25, -0.2) is 4.39 Å². The quantitative estimate of drug-likeness (QED) is 0.355. The first-order valence-corrected chi connectivity index (χ1v) is 4.90. The Morgan fingerprint density at radius 1 is 1.71 bits per heavy atom. The van der Waals surface area contributed by atoms with E-state index >= 15 is 0 Å². The van der Waals surface area contributed by atoms with Crippen LogP contribution >= 0.6 is 0 Å². The van der Waals surface area contributed by atoms with Crippen LogP contribution in [0.15, 0.2) is 18.2 Å². The van der Waals surface area contributed by atoms with E-state index in [4.69, 9.17) is 15.9 Å². The molecule has 0 heterocycles. The zero-order valence-corrected chi connectivity index (χ0v) is 9.14. The SMILES string of the molecule is CCC(Oc1ccc([N+](=O)[O-])cc1F)C(=N)N. The van der Waals surface area contributed by atoms with Crippen LogP contribution in [0, 0.1) is 21.3 Å². The summed E-state index contributed by atoms with van der Waals surface area (Å²) in [6.07, 6.45) is -0.322. The average Bonchev–Trinajstić information content (AvgIpc) is 2.26. The Hall–Kier alpha value is -2.18. The van der Waals surface area contributed by atoms with Crippen molar-refractivity contribution >= 4 is 11.5 Å². The monoisotopic (exact) mass is 241 g/mol. The van der Waals surface area contributed by atoms with Crippen molar-refractivity contribution in [2.75, 3.05) is 0 Å². The van der Waals surface area contributed by atoms with Crippen molar-refractivity contribution < 1.29 is 14.1 Å². The second kappa shape index (κ2) is 5.24. The molecule has 0 saturated heterocycles. The Labute approximate surface area is 96.8 Å². The summed E-state index contributed by atoms with van der Waals surface area (Å²) in [5, 5.41) is 17.6. The maximum atomic E-state index is 13.4. The number of rotatable bonds is 5. The molecule has 3 N–H and O–H groups in total. The van der Waals surface area contributed by atoms with Crippen molar-refractivity contribution in [1.29, 1.82) is 5.41 Å². The predicted octanol–water partition coefficient (Wildman–Crippen LogP) is 1.83. The Morgan fingerprint density at radius 2 is 2.35 bits per heavy atom. The summed E-state index contributed by atoms with van der Waals surface area (Å²) in [5.41, 5.74) is 4.90. The molecule has 0 aliphatic carbocycles. The summed E-state index contributed by atoms with van der Waals surface area (Å²) in [5.74, 6) is -1.22. The molecule has 0 radical (unpaired) electrons. The van der Waals surface area contributed by atoms with Crippen molar-refractivity contribution in [2.45, 2.75) is 19.4 Å². The molecule has 0 bridgehead atoms. The van der Waals surface area contributed by atoms with Crippen LogP contribution in [-0.2, 0) is 0 Å². The van der Waals surface area contributed by atoms with E-state index < -0.39 is 16.8 Å². The molecule has 17 heavy (non-hydrogen) atoms. The Morgan fingerprint density at radius 3 is 2.76 bits per heavy atom. The number of ether oxygens (including phenoxy) is 1. The number of nitrogens with two attached hydrogens (primary N) is 1. The van der Waals surface area contributed by atoms with Gasteiger partial charge in [0.2, 0.25) is 0 Å². The van der Waals surface area contributed by atoms with E-state index in [1.54, 1.807) is 6.92 Å². The van der Waals surface area contributed by atoms with Crippen molar-refractivity contribution in [3.05, 3.63) is 34.1 Å². The number of nitro benzene ring substituents is 1. The van der Waals surface area contributed by atoms with Gasteiger partial charge in [0.15, 0.2) is 17.7 Å². The third-order valence-corrected chi connectivity index (χ3v) is 2.11. The van der Waals surface area contributed by atoms with Gasteiger partial charge in [-0.3, -0.25) is 15.5 Å². The second-order valence-electron chi connectivity index (χ2n) is 3.34. The maximum Gasteiger partial charge on any atom is 0.272 e. The molecule has 0 spiro atoms. The van der Waals surface area contributed by atoms with Gasteiger partial charge < -0.3 is 10.5 Å². The lowest BCUT2D eigenvalue weighted by Crippen LogP contribution is -2.32. The standard InChI is InChI=1S/C10H12FN3O3/c1-2-8(10(12)13)17-9-4-3-6(14(15)16)5-7(9)11/h3-5,8H,2H2,1H3,(H3,12,13). The van der Waals surface area contributed by atoms with E-state index in [1.165, 1.54) is 0 Å². The topological polar surface area (TPSA) is 102 Å². The minimum atomic E-state index is -0.848. The smallest absolute Gasteiger partial charge is 0.272 e. The zero-order chi connectivity index (χ0) is 13.0. The van der Waals surface area contributed by atoms with Crippen LogP contribution in [0.2, 0.25) is 0 Å². The minimum Gasteiger partial charge on any atom is -0.479 e. The van der Waals surface area contributed by atoms with Crippen LogP contribution in [0.1, 0.15) is 13.3 Å². The molecular formula is C10H12FN3O3. The van der Waals surface area contributed by atoms with E-state index in [9.17, 15) is 14.5 Å². The molecule has 1 atom stereocenters. The van der Waals surface area contributed by atoms with Crippen molar-refractivity contribution in [1.82, 2.24) is 0 Å². The van der Waals surface area contributed by atoms with Gasteiger partial charge in [0.05, 0.1) is 11.0 Å². The summed E-state index contributed by atoms with van der Waals surface area (Å²) < 4.78 is 18.6. The first-order chi connectivity index (χ1) is 7.95. The Kier molecular flexibility index (Phi) is 3.97. The summed E-state index contributed by atoms with van der Waals surface area (Å²) in [4.78, 5) is 9.70. The van der Waals surface area contributed by atoms with Gasteiger partial charge in [-0.05, 0) is 12.5 Å². The molecule has 0 amide bonds. The third-order valence-electron chi connectivity index (χ3n) is 2.11. The van der Waals surface area contributed by atoms with E-state index in [1.807, 2.05) is 0 Å². The molecule has 0 aromatic heterocycles. The van der Waals surface area contributed by atoms with Crippen LogP contribution in [0.4, 0.5) is 10.1 Å². The minimum absolute atomic E-state index is 0.155. The van der Waals surface area contributed by atoms with Crippen LogP contribution in [0.3, 0.4) is 0 Å². The molecule has 0 aliphatic heterocycles. The number of nitrogens with one attached hydrogen (secondary N) is 1. The number of halogens is 1. The lowest BCUT2D eigenvalue weighted by atomic mass is 10.2. The van der Waals surface area contributed by atoms with Gasteiger partial charge in [0.25, 0.3) is 5.69 Å². The van der Waals surface area contributed by atoms with E-state index in [2.05, 4.69) is 0 Å². The predicted molar refractivity (Wildman–Crippen MR) is 59.7 cm³/mol. The number of non-ortho nitro benzene ring substituents is 1. The number of nitrogens with zero attached hydrogens (tertiary/aromatic N) is 1. The fourth-order valence-electron chi connectivity index (χ4n) is 1.22. The summed E-state index contributed by atoms with van der Waals surface area (Å²) in [7, 11) is 0. The highest BCUT2D eigenvalue weighted by Gasteiger charge is 2.16. The molecule has 6 nitrogen and oxygen atoms in total. The molecule has 92 valence electrons. The lowest BCUT2D eigenvalue weighted by molar-refractivity contribution is -0.385. The van der Waals surface area contributed by atoms with Gasteiger partial charge in [0.1, 0.15) is 5.84 Å². The first kappa shape index (κ1) is 12.9. The summed E-state index contributed by atoms with van der Waals surface area (Å²) >= 11 is 0. The summed E-state index contributed by atoms with van der Waals surface area (Å²) in [6, 6.07) is 3.05. The number of hydrogen-bond acceptors (Lipinski definition) is 4. The molecule has 7 heteroatoms. The molecule has 0 fully saturated rings. The molecule has 1 unspecified atom stereocenters. The largest absolute Gasteiger partial charge is 0.479 e. The van der Waals surface area contributed by atoms with Gasteiger partial charge in [-0.15, -0.1) is 0 Å².